The molecule has 70 valence electrons. The van der Waals surface area contributed by atoms with Gasteiger partial charge in [0.25, 0.3) is 0 Å². The fourth-order valence-corrected chi connectivity index (χ4v) is 0.722. The standard InChI is InChI=1S/C9H16O3/c1-4-5-8(10)6-9(11)7(2)12-3/h6-7,11H,4-5H2,1-3H3. The molecule has 0 aliphatic carbocycles. The van der Waals surface area contributed by atoms with Gasteiger partial charge in [-0.05, 0) is 13.3 Å². The third-order valence-electron chi connectivity index (χ3n) is 1.58. The van der Waals surface area contributed by atoms with Gasteiger partial charge in [0.15, 0.2) is 5.78 Å². The minimum Gasteiger partial charge on any atom is -0.509 e. The number of methoxy groups -OCH3 is 1. The van der Waals surface area contributed by atoms with E-state index in [2.05, 4.69) is 0 Å². The molecule has 0 radical (unpaired) electrons. The zero-order valence-electron chi connectivity index (χ0n) is 7.83. The Balaban J connectivity index is 4.05. The van der Waals surface area contributed by atoms with Gasteiger partial charge in [0.1, 0.15) is 11.9 Å². The van der Waals surface area contributed by atoms with E-state index in [4.69, 9.17) is 4.74 Å². The molecule has 1 unspecified atom stereocenters. The van der Waals surface area contributed by atoms with E-state index in [9.17, 15) is 9.90 Å². The predicted octanol–water partition coefficient (Wildman–Crippen LogP) is 1.83. The molecule has 0 fully saturated rings. The Hall–Kier alpha value is -0.830. The molecule has 0 rings (SSSR count). The van der Waals surface area contributed by atoms with Gasteiger partial charge in [-0.25, -0.2) is 0 Å². The summed E-state index contributed by atoms with van der Waals surface area (Å²) in [5.74, 6) is -0.0603. The van der Waals surface area contributed by atoms with Crippen LogP contribution in [0.5, 0.6) is 0 Å². The quantitative estimate of drug-likeness (QED) is 0.508. The maximum absolute atomic E-state index is 11.0. The lowest BCUT2D eigenvalue weighted by Gasteiger charge is -2.07. The molecule has 1 atom stereocenters. The van der Waals surface area contributed by atoms with Crippen LogP contribution in [0.25, 0.3) is 0 Å². The average Bonchev–Trinajstić information content (AvgIpc) is 2.03. The second-order valence-corrected chi connectivity index (χ2v) is 2.66. The van der Waals surface area contributed by atoms with E-state index in [0.717, 1.165) is 6.42 Å². The van der Waals surface area contributed by atoms with Gasteiger partial charge < -0.3 is 9.84 Å². The zero-order valence-corrected chi connectivity index (χ0v) is 7.83. The van der Waals surface area contributed by atoms with Gasteiger partial charge in [-0.15, -0.1) is 0 Å². The van der Waals surface area contributed by atoms with Crippen LogP contribution in [0.3, 0.4) is 0 Å². The number of allylic oxidation sites excluding steroid dienone is 1. The summed E-state index contributed by atoms with van der Waals surface area (Å²) >= 11 is 0. The highest BCUT2D eigenvalue weighted by Gasteiger charge is 2.06. The highest BCUT2D eigenvalue weighted by molar-refractivity contribution is 5.89. The number of aliphatic hydroxyl groups is 1. The Labute approximate surface area is 73.0 Å². The van der Waals surface area contributed by atoms with Crippen LogP contribution in [-0.4, -0.2) is 24.1 Å². The van der Waals surface area contributed by atoms with Gasteiger partial charge in [-0.2, -0.15) is 0 Å². The molecule has 0 heterocycles. The van der Waals surface area contributed by atoms with Crippen molar-refractivity contribution in [2.45, 2.75) is 32.8 Å². The Morgan fingerprint density at radius 3 is 2.67 bits per heavy atom. The van der Waals surface area contributed by atoms with Gasteiger partial charge in [-0.3, -0.25) is 4.79 Å². The van der Waals surface area contributed by atoms with Crippen molar-refractivity contribution in [1.29, 1.82) is 0 Å². The molecule has 0 aliphatic heterocycles. The maximum atomic E-state index is 11.0. The number of carbonyl (C=O) groups is 1. The predicted molar refractivity (Wildman–Crippen MR) is 47.1 cm³/mol. The largest absolute Gasteiger partial charge is 0.509 e. The zero-order chi connectivity index (χ0) is 9.56. The van der Waals surface area contributed by atoms with Gasteiger partial charge in [-0.1, -0.05) is 6.92 Å². The molecule has 0 saturated carbocycles. The number of rotatable bonds is 5. The van der Waals surface area contributed by atoms with E-state index in [-0.39, 0.29) is 11.5 Å². The summed E-state index contributed by atoms with van der Waals surface area (Å²) in [5, 5.41) is 9.23. The van der Waals surface area contributed by atoms with Crippen molar-refractivity contribution in [2.75, 3.05) is 7.11 Å². The molecule has 12 heavy (non-hydrogen) atoms. The molecule has 0 bridgehead atoms. The van der Waals surface area contributed by atoms with Crippen molar-refractivity contribution >= 4 is 5.78 Å². The molecule has 0 aromatic carbocycles. The SMILES string of the molecule is CCCC(=O)C=C(O)C(C)OC. The van der Waals surface area contributed by atoms with Crippen molar-refractivity contribution < 1.29 is 14.6 Å². The second kappa shape index (κ2) is 5.77. The van der Waals surface area contributed by atoms with E-state index in [1.807, 2.05) is 6.92 Å². The van der Waals surface area contributed by atoms with E-state index in [1.165, 1.54) is 13.2 Å². The van der Waals surface area contributed by atoms with E-state index < -0.39 is 6.10 Å². The van der Waals surface area contributed by atoms with Crippen molar-refractivity contribution in [3.05, 3.63) is 11.8 Å². The normalized spacial score (nSPS) is 14.4. The first kappa shape index (κ1) is 11.2. The van der Waals surface area contributed by atoms with Gasteiger partial charge in [0.2, 0.25) is 0 Å². The fourth-order valence-electron chi connectivity index (χ4n) is 0.722. The molecule has 0 saturated heterocycles. The van der Waals surface area contributed by atoms with Crippen LogP contribution in [0.4, 0.5) is 0 Å². The first-order chi connectivity index (χ1) is 5.61. The monoisotopic (exact) mass is 172 g/mol. The summed E-state index contributed by atoms with van der Waals surface area (Å²) in [4.78, 5) is 11.0. The summed E-state index contributed by atoms with van der Waals surface area (Å²) in [5.41, 5.74) is 0. The lowest BCUT2D eigenvalue weighted by atomic mass is 10.2. The summed E-state index contributed by atoms with van der Waals surface area (Å²) in [6, 6.07) is 0. The first-order valence-electron chi connectivity index (χ1n) is 4.08. The number of hydrogen-bond acceptors (Lipinski definition) is 3. The van der Waals surface area contributed by atoms with Crippen LogP contribution in [0.2, 0.25) is 0 Å². The molecule has 0 aromatic heterocycles. The Kier molecular flexibility index (Phi) is 5.37. The van der Waals surface area contributed by atoms with Crippen LogP contribution in [0, 0.1) is 0 Å². The number of aliphatic hydroxyl groups excluding tert-OH is 1. The first-order valence-corrected chi connectivity index (χ1v) is 4.08. The van der Waals surface area contributed by atoms with Gasteiger partial charge in [0.05, 0.1) is 0 Å². The van der Waals surface area contributed by atoms with E-state index >= 15 is 0 Å². The molecule has 3 heteroatoms. The molecule has 0 spiro atoms. The molecular weight excluding hydrogens is 156 g/mol. The van der Waals surface area contributed by atoms with E-state index in [1.54, 1.807) is 6.92 Å². The summed E-state index contributed by atoms with van der Waals surface area (Å²) in [6.45, 7) is 3.60. The second-order valence-electron chi connectivity index (χ2n) is 2.66. The van der Waals surface area contributed by atoms with Gasteiger partial charge in [0, 0.05) is 19.6 Å². The van der Waals surface area contributed by atoms with Gasteiger partial charge >= 0.3 is 0 Å². The lowest BCUT2D eigenvalue weighted by molar-refractivity contribution is -0.114. The van der Waals surface area contributed by atoms with Crippen LogP contribution < -0.4 is 0 Å². The van der Waals surface area contributed by atoms with Crippen LogP contribution in [0.15, 0.2) is 11.8 Å². The Morgan fingerprint density at radius 1 is 1.67 bits per heavy atom. The number of hydrogen-bond donors (Lipinski definition) is 1. The fraction of sp³-hybridized carbons (Fsp3) is 0.667. The smallest absolute Gasteiger partial charge is 0.159 e. The van der Waals surface area contributed by atoms with Crippen molar-refractivity contribution in [3.8, 4) is 0 Å². The molecule has 3 nitrogen and oxygen atoms in total. The topological polar surface area (TPSA) is 46.5 Å². The minimum absolute atomic E-state index is 0.00375. The summed E-state index contributed by atoms with van der Waals surface area (Å²) < 4.78 is 4.82. The van der Waals surface area contributed by atoms with Crippen LogP contribution >= 0.6 is 0 Å². The molecule has 1 N–H and O–H groups in total. The maximum Gasteiger partial charge on any atom is 0.159 e. The number of ketones is 1. The Bertz CT molecular complexity index is 173. The highest BCUT2D eigenvalue weighted by Crippen LogP contribution is 2.02. The van der Waals surface area contributed by atoms with Crippen LogP contribution in [0.1, 0.15) is 26.7 Å². The lowest BCUT2D eigenvalue weighted by Crippen LogP contribution is -2.09. The van der Waals surface area contributed by atoms with E-state index in [0.29, 0.717) is 6.42 Å². The highest BCUT2D eigenvalue weighted by atomic mass is 16.5. The summed E-state index contributed by atoms with van der Waals surface area (Å²) in [6.07, 6.45) is 2.10. The van der Waals surface area contributed by atoms with Crippen molar-refractivity contribution in [3.63, 3.8) is 0 Å². The number of ether oxygens (including phenoxy) is 1. The minimum atomic E-state index is -0.397. The average molecular weight is 172 g/mol. The molecule has 0 aromatic rings. The third-order valence-corrected chi connectivity index (χ3v) is 1.58. The molecule has 0 amide bonds. The van der Waals surface area contributed by atoms with Crippen molar-refractivity contribution in [1.82, 2.24) is 0 Å². The van der Waals surface area contributed by atoms with Crippen LogP contribution in [-0.2, 0) is 9.53 Å². The van der Waals surface area contributed by atoms with Crippen molar-refractivity contribution in [2.24, 2.45) is 0 Å². The Morgan fingerprint density at radius 2 is 2.25 bits per heavy atom. The molecular formula is C9H16O3. The molecule has 0 aliphatic rings. The summed E-state index contributed by atoms with van der Waals surface area (Å²) in [7, 11) is 1.49. The third kappa shape index (κ3) is 4.13. The number of carbonyl (C=O) groups excluding carboxylic acids is 1.